The van der Waals surface area contributed by atoms with Gasteiger partial charge in [-0.3, -0.25) is 9.59 Å². The smallest absolute Gasteiger partial charge is 0.305 e. The molecule has 0 spiro atoms. The molecule has 0 aliphatic carbocycles. The standard InChI is InChI=1S/C15H30N2O3/c1-11(2)13(7-9-16)5-6-14(18)17(12(3)4)10-8-15(19)20/h11-13H,5-10,16H2,1-4H3,(H,19,20). The lowest BCUT2D eigenvalue weighted by Gasteiger charge is -2.27. The van der Waals surface area contributed by atoms with Crippen molar-refractivity contribution < 1.29 is 14.7 Å². The molecule has 20 heavy (non-hydrogen) atoms. The lowest BCUT2D eigenvalue weighted by atomic mass is 9.88. The monoisotopic (exact) mass is 286 g/mol. The van der Waals surface area contributed by atoms with Crippen LogP contribution in [-0.2, 0) is 9.59 Å². The average Bonchev–Trinajstić information content (AvgIpc) is 2.33. The summed E-state index contributed by atoms with van der Waals surface area (Å²) in [5, 5.41) is 8.73. The minimum absolute atomic E-state index is 0.000327. The van der Waals surface area contributed by atoms with Crippen LogP contribution >= 0.6 is 0 Å². The van der Waals surface area contributed by atoms with Crippen LogP contribution in [0.15, 0.2) is 0 Å². The highest BCUT2D eigenvalue weighted by molar-refractivity contribution is 5.77. The number of carboxylic acid groups (broad SMARTS) is 1. The fourth-order valence-corrected chi connectivity index (χ4v) is 2.36. The maximum absolute atomic E-state index is 12.2. The highest BCUT2D eigenvalue weighted by atomic mass is 16.4. The lowest BCUT2D eigenvalue weighted by molar-refractivity contribution is -0.139. The van der Waals surface area contributed by atoms with Gasteiger partial charge >= 0.3 is 5.97 Å². The van der Waals surface area contributed by atoms with Crippen LogP contribution in [0.1, 0.15) is 53.4 Å². The summed E-state index contributed by atoms with van der Waals surface area (Å²) in [5.41, 5.74) is 5.60. The average molecular weight is 286 g/mol. The number of carbonyl (C=O) groups is 2. The van der Waals surface area contributed by atoms with Crippen LogP contribution < -0.4 is 5.73 Å². The second kappa shape index (κ2) is 9.75. The van der Waals surface area contributed by atoms with Crippen molar-refractivity contribution in [3.8, 4) is 0 Å². The molecule has 0 aromatic heterocycles. The van der Waals surface area contributed by atoms with Gasteiger partial charge in [-0.25, -0.2) is 0 Å². The molecule has 5 heteroatoms. The lowest BCUT2D eigenvalue weighted by Crippen LogP contribution is -2.38. The Hall–Kier alpha value is -1.10. The first-order valence-electron chi connectivity index (χ1n) is 7.50. The largest absolute Gasteiger partial charge is 0.481 e. The molecule has 118 valence electrons. The van der Waals surface area contributed by atoms with Gasteiger partial charge in [0.25, 0.3) is 0 Å². The number of rotatable bonds is 10. The summed E-state index contributed by atoms with van der Waals surface area (Å²) in [6.07, 6.45) is 2.23. The van der Waals surface area contributed by atoms with Crippen LogP contribution in [0.3, 0.4) is 0 Å². The SMILES string of the molecule is CC(C)C(CCN)CCC(=O)N(CCC(=O)O)C(C)C. The van der Waals surface area contributed by atoms with Crippen LogP contribution in [-0.4, -0.2) is 41.0 Å². The summed E-state index contributed by atoms with van der Waals surface area (Å²) in [6, 6.07) is 0.0360. The minimum Gasteiger partial charge on any atom is -0.481 e. The highest BCUT2D eigenvalue weighted by Gasteiger charge is 2.20. The maximum Gasteiger partial charge on any atom is 0.305 e. The van der Waals surface area contributed by atoms with E-state index in [0.717, 1.165) is 12.8 Å². The molecule has 0 bridgehead atoms. The Morgan fingerprint density at radius 3 is 2.10 bits per heavy atom. The molecule has 0 saturated carbocycles. The first-order chi connectivity index (χ1) is 9.29. The van der Waals surface area contributed by atoms with Gasteiger partial charge in [-0.1, -0.05) is 13.8 Å². The Morgan fingerprint density at radius 2 is 1.70 bits per heavy atom. The molecule has 0 aliphatic heterocycles. The van der Waals surface area contributed by atoms with E-state index in [9.17, 15) is 9.59 Å². The van der Waals surface area contributed by atoms with E-state index in [1.54, 1.807) is 4.90 Å². The third kappa shape index (κ3) is 7.48. The molecule has 3 N–H and O–H groups in total. The van der Waals surface area contributed by atoms with Gasteiger partial charge < -0.3 is 15.7 Å². The fraction of sp³-hybridized carbons (Fsp3) is 0.867. The van der Waals surface area contributed by atoms with Gasteiger partial charge in [0, 0.05) is 19.0 Å². The van der Waals surface area contributed by atoms with E-state index in [-0.39, 0.29) is 24.9 Å². The molecular weight excluding hydrogens is 256 g/mol. The number of aliphatic carboxylic acids is 1. The van der Waals surface area contributed by atoms with E-state index >= 15 is 0 Å². The molecular formula is C15H30N2O3. The molecule has 1 unspecified atom stereocenters. The van der Waals surface area contributed by atoms with Gasteiger partial charge in [-0.05, 0) is 45.1 Å². The van der Waals surface area contributed by atoms with Gasteiger partial charge in [0.15, 0.2) is 0 Å². The maximum atomic E-state index is 12.2. The number of nitrogens with two attached hydrogens (primary N) is 1. The van der Waals surface area contributed by atoms with Crippen LogP contribution in [0, 0.1) is 11.8 Å². The number of carbonyl (C=O) groups excluding carboxylic acids is 1. The van der Waals surface area contributed by atoms with E-state index in [2.05, 4.69) is 13.8 Å². The molecule has 0 aliphatic rings. The predicted octanol–water partition coefficient (Wildman–Crippen LogP) is 2.10. The number of hydrogen-bond donors (Lipinski definition) is 2. The van der Waals surface area contributed by atoms with Crippen LogP contribution in [0.25, 0.3) is 0 Å². The van der Waals surface area contributed by atoms with Crippen molar-refractivity contribution in [2.24, 2.45) is 17.6 Å². The summed E-state index contributed by atoms with van der Waals surface area (Å²) in [4.78, 5) is 24.5. The normalized spacial score (nSPS) is 12.8. The number of nitrogens with zero attached hydrogens (tertiary/aromatic N) is 1. The minimum atomic E-state index is -0.869. The van der Waals surface area contributed by atoms with E-state index < -0.39 is 5.97 Å². The summed E-state index contributed by atoms with van der Waals surface area (Å²) in [6.45, 7) is 9.06. The molecule has 5 nitrogen and oxygen atoms in total. The molecule has 0 saturated heterocycles. The van der Waals surface area contributed by atoms with Crippen molar-refractivity contribution in [1.29, 1.82) is 0 Å². The van der Waals surface area contributed by atoms with Crippen LogP contribution in [0.5, 0.6) is 0 Å². The van der Waals surface area contributed by atoms with Gasteiger partial charge in [0.2, 0.25) is 5.91 Å². The Morgan fingerprint density at radius 1 is 1.10 bits per heavy atom. The van der Waals surface area contributed by atoms with E-state index in [1.165, 1.54) is 0 Å². The van der Waals surface area contributed by atoms with Crippen molar-refractivity contribution in [2.45, 2.75) is 59.4 Å². The summed E-state index contributed by atoms with van der Waals surface area (Å²) >= 11 is 0. The Kier molecular flexibility index (Phi) is 9.21. The Labute approximate surface area is 122 Å². The summed E-state index contributed by atoms with van der Waals surface area (Å²) in [5.74, 6) is 0.144. The van der Waals surface area contributed by atoms with E-state index in [4.69, 9.17) is 10.8 Å². The van der Waals surface area contributed by atoms with Gasteiger partial charge in [0.05, 0.1) is 6.42 Å². The van der Waals surface area contributed by atoms with Crippen molar-refractivity contribution in [3.63, 3.8) is 0 Å². The quantitative estimate of drug-likeness (QED) is 0.644. The fourth-order valence-electron chi connectivity index (χ4n) is 2.36. The van der Waals surface area contributed by atoms with Crippen LogP contribution in [0.2, 0.25) is 0 Å². The second-order valence-corrected chi connectivity index (χ2v) is 5.94. The Bertz CT molecular complexity index is 303. The van der Waals surface area contributed by atoms with Crippen molar-refractivity contribution in [1.82, 2.24) is 4.90 Å². The molecule has 1 atom stereocenters. The van der Waals surface area contributed by atoms with E-state index in [0.29, 0.717) is 24.8 Å². The third-order valence-corrected chi connectivity index (χ3v) is 3.72. The van der Waals surface area contributed by atoms with Crippen molar-refractivity contribution >= 4 is 11.9 Å². The number of hydrogen-bond acceptors (Lipinski definition) is 3. The van der Waals surface area contributed by atoms with Gasteiger partial charge in [-0.15, -0.1) is 0 Å². The zero-order chi connectivity index (χ0) is 15.7. The second-order valence-electron chi connectivity index (χ2n) is 5.94. The predicted molar refractivity (Wildman–Crippen MR) is 80.3 cm³/mol. The van der Waals surface area contributed by atoms with Crippen molar-refractivity contribution in [2.75, 3.05) is 13.1 Å². The zero-order valence-electron chi connectivity index (χ0n) is 13.3. The number of amides is 1. The molecule has 0 radical (unpaired) electrons. The summed E-state index contributed by atoms with van der Waals surface area (Å²) < 4.78 is 0. The molecule has 0 aromatic rings. The molecule has 0 aromatic carbocycles. The molecule has 1 amide bonds. The van der Waals surface area contributed by atoms with E-state index in [1.807, 2.05) is 13.8 Å². The third-order valence-electron chi connectivity index (χ3n) is 3.72. The van der Waals surface area contributed by atoms with Gasteiger partial charge in [0.1, 0.15) is 0 Å². The summed E-state index contributed by atoms with van der Waals surface area (Å²) in [7, 11) is 0. The topological polar surface area (TPSA) is 83.6 Å². The highest BCUT2D eigenvalue weighted by Crippen LogP contribution is 2.21. The zero-order valence-corrected chi connectivity index (χ0v) is 13.3. The number of carboxylic acids is 1. The molecule has 0 rings (SSSR count). The molecule has 0 fully saturated rings. The first-order valence-corrected chi connectivity index (χ1v) is 7.50. The van der Waals surface area contributed by atoms with Gasteiger partial charge in [-0.2, -0.15) is 0 Å². The Balaban J connectivity index is 4.40. The first kappa shape index (κ1) is 18.9. The molecule has 0 heterocycles. The van der Waals surface area contributed by atoms with Crippen molar-refractivity contribution in [3.05, 3.63) is 0 Å². The van der Waals surface area contributed by atoms with Crippen LogP contribution in [0.4, 0.5) is 0 Å².